The summed E-state index contributed by atoms with van der Waals surface area (Å²) >= 11 is 3.39. The van der Waals surface area contributed by atoms with E-state index in [-0.39, 0.29) is 30.4 Å². The summed E-state index contributed by atoms with van der Waals surface area (Å²) in [5.74, 6) is 2.22. The molecule has 3 amide bonds. The highest BCUT2D eigenvalue weighted by atomic mass is 79.9. The third kappa shape index (κ3) is 4.73. The van der Waals surface area contributed by atoms with Gasteiger partial charge in [0.15, 0.2) is 11.5 Å². The maximum Gasteiger partial charge on any atom is 0.373 e. The van der Waals surface area contributed by atoms with Crippen LogP contribution in [0, 0.1) is 12.3 Å². The topological polar surface area (TPSA) is 107 Å². The van der Waals surface area contributed by atoms with E-state index in [9.17, 15) is 14.4 Å². The van der Waals surface area contributed by atoms with Gasteiger partial charge in [0.1, 0.15) is 18.1 Å². The van der Waals surface area contributed by atoms with Gasteiger partial charge in [-0.3, -0.25) is 9.69 Å². The molecule has 1 aromatic carbocycles. The number of amides is 3. The zero-order chi connectivity index (χ0) is 22.5. The fourth-order valence-electron chi connectivity index (χ4n) is 2.79. The number of ether oxygens (including phenoxy) is 3. The number of halogens is 1. The number of benzene rings is 1. The molecule has 1 aliphatic rings. The van der Waals surface area contributed by atoms with Gasteiger partial charge < -0.3 is 23.9 Å². The number of rotatable bonds is 7. The summed E-state index contributed by atoms with van der Waals surface area (Å²) in [6.45, 7) is -0.0890. The number of furan rings is 1. The van der Waals surface area contributed by atoms with Crippen molar-refractivity contribution in [2.45, 2.75) is 6.54 Å². The standard InChI is InChI=1S/C21H17BrN2O7/c1-4-7-30-18-14(22)8-12(10-17(18)28-2)9-15-19(25)24(21(27)23-15)11-13-5-6-16(31-13)20(26)29-3/h1,5-6,8-10H,7,11H2,2-3H3,(H,23,27)/b15-9-. The first-order chi connectivity index (χ1) is 14.9. The van der Waals surface area contributed by atoms with Crippen molar-refractivity contribution < 1.29 is 33.0 Å². The van der Waals surface area contributed by atoms with E-state index >= 15 is 0 Å². The highest BCUT2D eigenvalue weighted by Crippen LogP contribution is 2.37. The van der Waals surface area contributed by atoms with Gasteiger partial charge in [0, 0.05) is 0 Å². The highest BCUT2D eigenvalue weighted by molar-refractivity contribution is 9.10. The largest absolute Gasteiger partial charge is 0.493 e. The van der Waals surface area contributed by atoms with Gasteiger partial charge in [-0.15, -0.1) is 6.42 Å². The smallest absolute Gasteiger partial charge is 0.373 e. The molecule has 0 unspecified atom stereocenters. The van der Waals surface area contributed by atoms with Crippen LogP contribution >= 0.6 is 15.9 Å². The number of hydrogen-bond acceptors (Lipinski definition) is 7. The van der Waals surface area contributed by atoms with Crippen molar-refractivity contribution in [3.8, 4) is 23.8 Å². The van der Waals surface area contributed by atoms with E-state index in [1.807, 2.05) is 0 Å². The molecule has 2 heterocycles. The lowest BCUT2D eigenvalue weighted by atomic mass is 10.1. The molecule has 1 aliphatic heterocycles. The van der Waals surface area contributed by atoms with Gasteiger partial charge in [-0.05, 0) is 51.8 Å². The van der Waals surface area contributed by atoms with Crippen molar-refractivity contribution in [3.05, 3.63) is 51.5 Å². The lowest BCUT2D eigenvalue weighted by molar-refractivity contribution is -0.123. The monoisotopic (exact) mass is 488 g/mol. The molecule has 0 spiro atoms. The van der Waals surface area contributed by atoms with Gasteiger partial charge >= 0.3 is 12.0 Å². The second kappa shape index (κ2) is 9.40. The summed E-state index contributed by atoms with van der Waals surface area (Å²) in [5.41, 5.74) is 0.643. The maximum atomic E-state index is 12.7. The zero-order valence-electron chi connectivity index (χ0n) is 16.6. The Morgan fingerprint density at radius 3 is 2.77 bits per heavy atom. The number of terminal acetylenes is 1. The van der Waals surface area contributed by atoms with Crippen molar-refractivity contribution in [2.24, 2.45) is 0 Å². The zero-order valence-corrected chi connectivity index (χ0v) is 18.1. The van der Waals surface area contributed by atoms with Crippen LogP contribution in [0.4, 0.5) is 4.79 Å². The molecular formula is C21H17BrN2O7. The summed E-state index contributed by atoms with van der Waals surface area (Å²) < 4.78 is 21.2. The molecule has 1 N–H and O–H groups in total. The molecule has 0 aliphatic carbocycles. The van der Waals surface area contributed by atoms with E-state index in [0.29, 0.717) is 21.5 Å². The normalized spacial score (nSPS) is 14.4. The molecule has 0 saturated carbocycles. The number of methoxy groups -OCH3 is 2. The minimum absolute atomic E-state index is 0.0237. The van der Waals surface area contributed by atoms with E-state index in [0.717, 1.165) is 4.90 Å². The fourth-order valence-corrected chi connectivity index (χ4v) is 3.36. The van der Waals surface area contributed by atoms with Crippen LogP contribution in [0.25, 0.3) is 6.08 Å². The first-order valence-corrected chi connectivity index (χ1v) is 9.62. The third-order valence-electron chi connectivity index (χ3n) is 4.19. The van der Waals surface area contributed by atoms with Crippen LogP contribution in [0.3, 0.4) is 0 Å². The molecule has 10 heteroatoms. The lowest BCUT2D eigenvalue weighted by Gasteiger charge is -2.12. The van der Waals surface area contributed by atoms with Crippen LogP contribution < -0.4 is 14.8 Å². The Balaban J connectivity index is 1.81. The molecule has 160 valence electrons. The highest BCUT2D eigenvalue weighted by Gasteiger charge is 2.34. The molecule has 0 radical (unpaired) electrons. The van der Waals surface area contributed by atoms with Gasteiger partial charge in [-0.25, -0.2) is 9.59 Å². The van der Waals surface area contributed by atoms with Crippen LogP contribution in [0.15, 0.2) is 38.9 Å². The fraction of sp³-hybridized carbons (Fsp3) is 0.190. The van der Waals surface area contributed by atoms with Gasteiger partial charge in [0.2, 0.25) is 5.76 Å². The second-order valence-corrected chi connectivity index (χ2v) is 7.02. The number of carbonyl (C=O) groups is 3. The number of urea groups is 1. The third-order valence-corrected chi connectivity index (χ3v) is 4.78. The number of nitrogens with zero attached hydrogens (tertiary/aromatic N) is 1. The average molecular weight is 489 g/mol. The first-order valence-electron chi connectivity index (χ1n) is 8.83. The molecule has 3 rings (SSSR count). The predicted octanol–water partition coefficient (Wildman–Crippen LogP) is 2.94. The summed E-state index contributed by atoms with van der Waals surface area (Å²) in [4.78, 5) is 37.5. The number of esters is 1. The van der Waals surface area contributed by atoms with Crippen molar-refractivity contribution in [1.82, 2.24) is 10.2 Å². The molecule has 31 heavy (non-hydrogen) atoms. The van der Waals surface area contributed by atoms with Crippen molar-refractivity contribution >= 4 is 39.9 Å². The van der Waals surface area contributed by atoms with Crippen molar-refractivity contribution in [1.29, 1.82) is 0 Å². The van der Waals surface area contributed by atoms with E-state index in [2.05, 4.69) is 31.9 Å². The Morgan fingerprint density at radius 2 is 2.10 bits per heavy atom. The van der Waals surface area contributed by atoms with E-state index in [1.165, 1.54) is 32.4 Å². The molecule has 0 bridgehead atoms. The average Bonchev–Trinajstić information content (AvgIpc) is 3.32. The molecule has 1 saturated heterocycles. The number of hydrogen-bond donors (Lipinski definition) is 1. The Hall–Kier alpha value is -3.71. The molecule has 0 atom stereocenters. The lowest BCUT2D eigenvalue weighted by Crippen LogP contribution is -2.30. The Bertz CT molecular complexity index is 1110. The van der Waals surface area contributed by atoms with Crippen molar-refractivity contribution in [2.75, 3.05) is 20.8 Å². The summed E-state index contributed by atoms with van der Waals surface area (Å²) in [6.07, 6.45) is 6.72. The van der Waals surface area contributed by atoms with Gasteiger partial charge in [0.05, 0.1) is 25.2 Å². The van der Waals surface area contributed by atoms with Crippen LogP contribution in [-0.4, -0.2) is 43.6 Å². The van der Waals surface area contributed by atoms with Crippen LogP contribution in [-0.2, 0) is 16.1 Å². The molecule has 1 aromatic heterocycles. The van der Waals surface area contributed by atoms with Crippen molar-refractivity contribution in [3.63, 3.8) is 0 Å². The van der Waals surface area contributed by atoms with Crippen LogP contribution in [0.5, 0.6) is 11.5 Å². The Labute approximate surface area is 186 Å². The van der Waals surface area contributed by atoms with E-state index in [1.54, 1.807) is 12.1 Å². The number of carbonyl (C=O) groups excluding carboxylic acids is 3. The minimum Gasteiger partial charge on any atom is -0.493 e. The quantitative estimate of drug-likeness (QED) is 0.276. The van der Waals surface area contributed by atoms with E-state index < -0.39 is 17.9 Å². The van der Waals surface area contributed by atoms with Gasteiger partial charge in [-0.1, -0.05) is 5.92 Å². The Kier molecular flexibility index (Phi) is 6.67. The van der Waals surface area contributed by atoms with Gasteiger partial charge in [0.25, 0.3) is 5.91 Å². The summed E-state index contributed by atoms with van der Waals surface area (Å²) in [7, 11) is 2.69. The predicted molar refractivity (Wildman–Crippen MR) is 112 cm³/mol. The SMILES string of the molecule is C#CCOc1c(Br)cc(/C=C2\NC(=O)N(Cc3ccc(C(=O)OC)o3)C2=O)cc1OC. The Morgan fingerprint density at radius 1 is 1.32 bits per heavy atom. The number of nitrogens with one attached hydrogen (secondary N) is 1. The van der Waals surface area contributed by atoms with Crippen LogP contribution in [0.2, 0.25) is 0 Å². The maximum absolute atomic E-state index is 12.7. The molecular weight excluding hydrogens is 472 g/mol. The van der Waals surface area contributed by atoms with Gasteiger partial charge in [-0.2, -0.15) is 0 Å². The molecule has 1 fully saturated rings. The first kappa shape index (κ1) is 22.0. The molecule has 9 nitrogen and oxygen atoms in total. The summed E-state index contributed by atoms with van der Waals surface area (Å²) in [5, 5.41) is 2.52. The summed E-state index contributed by atoms with van der Waals surface area (Å²) in [6, 6.07) is 5.61. The minimum atomic E-state index is -0.654. The van der Waals surface area contributed by atoms with Crippen LogP contribution in [0.1, 0.15) is 21.9 Å². The second-order valence-electron chi connectivity index (χ2n) is 6.16. The molecule has 2 aromatic rings. The number of imide groups is 1. The van der Waals surface area contributed by atoms with E-state index in [4.69, 9.17) is 20.3 Å².